The van der Waals surface area contributed by atoms with Crippen LogP contribution in [-0.2, 0) is 31.1 Å². The fourth-order valence-electron chi connectivity index (χ4n) is 7.92. The number of hydrogen-bond acceptors (Lipinski definition) is 4. The number of rotatable bonds is 8. The normalized spacial score (nSPS) is 14.2. The largest absolute Gasteiger partial charge is 4.00 e. The van der Waals surface area contributed by atoms with Gasteiger partial charge >= 0.3 is 31.1 Å². The van der Waals surface area contributed by atoms with E-state index in [0.29, 0.717) is 35.0 Å². The topological polar surface area (TPSA) is 92.8 Å². The Bertz CT molecular complexity index is 1910. The Morgan fingerprint density at radius 1 is 0.418 bits per heavy atom. The first-order chi connectivity index (χ1) is 30.5. The Kier molecular flexibility index (Phi) is 23.1. The molecule has 67 heavy (non-hydrogen) atoms. The van der Waals surface area contributed by atoms with Crippen molar-refractivity contribution >= 4 is 22.7 Å². The second-order valence-electron chi connectivity index (χ2n) is 23.8. The molecule has 0 aliphatic carbocycles. The van der Waals surface area contributed by atoms with Gasteiger partial charge in [0.1, 0.15) is 0 Å². The van der Waals surface area contributed by atoms with E-state index in [2.05, 4.69) is 187 Å². The van der Waals surface area contributed by atoms with Crippen molar-refractivity contribution in [1.82, 2.24) is 0 Å². The first kappa shape index (κ1) is 60.2. The van der Waals surface area contributed by atoms with Gasteiger partial charge < -0.3 is 30.3 Å². The van der Waals surface area contributed by atoms with Crippen LogP contribution >= 0.6 is 0 Å². The summed E-state index contributed by atoms with van der Waals surface area (Å²) in [6.07, 6.45) is 5.11. The summed E-state index contributed by atoms with van der Waals surface area (Å²) in [6, 6.07) is 20.9. The van der Waals surface area contributed by atoms with E-state index in [9.17, 15) is 10.2 Å². The molecule has 4 aromatic rings. The quantitative estimate of drug-likeness (QED) is 0.176. The number of nitrogens with zero attached hydrogens (tertiary/aromatic N) is 2. The molecule has 4 aromatic carbocycles. The minimum Gasteiger partial charge on any atom is -0.873 e. The number of hydrogen-bond donors (Lipinski definition) is 0. The Hall–Kier alpha value is -2.95. The second-order valence-corrected chi connectivity index (χ2v) is 23.8. The van der Waals surface area contributed by atoms with Gasteiger partial charge in [0.05, 0.1) is 0 Å². The van der Waals surface area contributed by atoms with Crippen molar-refractivity contribution in [3.63, 3.8) is 0 Å². The van der Waals surface area contributed by atoms with Gasteiger partial charge in [-0.05, 0) is 82.1 Å². The molecule has 2 saturated heterocycles. The summed E-state index contributed by atoms with van der Waals surface area (Å²) in [7, 11) is 0. The predicted molar refractivity (Wildman–Crippen MR) is 281 cm³/mol. The van der Waals surface area contributed by atoms with Crippen LogP contribution in [0.1, 0.15) is 232 Å². The molecule has 0 atom stereocenters. The maximum Gasteiger partial charge on any atom is 4.00 e. The molecule has 0 aromatic heterocycles. The van der Waals surface area contributed by atoms with E-state index in [1.807, 2.05) is 12.1 Å². The molecule has 0 N–H and O–H groups in total. The van der Waals surface area contributed by atoms with Gasteiger partial charge in [0, 0.05) is 26.4 Å². The molecule has 2 fully saturated rings. The van der Waals surface area contributed by atoms with Crippen LogP contribution in [0.25, 0.3) is 10.6 Å². The minimum atomic E-state index is -0.221. The van der Waals surface area contributed by atoms with E-state index in [0.717, 1.165) is 60.1 Å². The molecular formula is C60H90N2O4U. The molecule has 2 heterocycles. The molecule has 0 saturated carbocycles. The summed E-state index contributed by atoms with van der Waals surface area (Å²) >= 11 is 0. The van der Waals surface area contributed by atoms with Gasteiger partial charge in [-0.25, -0.2) is 0 Å². The molecule has 0 spiro atoms. The van der Waals surface area contributed by atoms with Crippen LogP contribution in [-0.4, -0.2) is 26.4 Å². The van der Waals surface area contributed by atoms with Gasteiger partial charge in [0.2, 0.25) is 0 Å². The van der Waals surface area contributed by atoms with Crippen molar-refractivity contribution in [2.45, 2.75) is 209 Å². The summed E-state index contributed by atoms with van der Waals surface area (Å²) in [6.45, 7) is 47.2. The van der Waals surface area contributed by atoms with Gasteiger partial charge in [-0.1, -0.05) is 233 Å². The minimum absolute atomic E-state index is 0. The molecule has 6 rings (SSSR count). The van der Waals surface area contributed by atoms with Crippen LogP contribution < -0.4 is 10.2 Å². The Balaban J connectivity index is 0.000000374. The van der Waals surface area contributed by atoms with E-state index in [1.165, 1.54) is 47.9 Å². The molecule has 368 valence electrons. The van der Waals surface area contributed by atoms with Crippen molar-refractivity contribution in [2.75, 3.05) is 26.4 Å². The monoisotopic (exact) mass is 1140 g/mol. The van der Waals surface area contributed by atoms with E-state index >= 15 is 0 Å². The molecule has 0 radical (unpaired) electrons. The van der Waals surface area contributed by atoms with Crippen molar-refractivity contribution < 1.29 is 50.8 Å². The zero-order valence-electron chi connectivity index (χ0n) is 45.8. The van der Waals surface area contributed by atoms with Crippen molar-refractivity contribution in [1.29, 1.82) is 0 Å². The van der Waals surface area contributed by atoms with Gasteiger partial charge in [0.25, 0.3) is 0 Å². The third kappa shape index (κ3) is 17.8. The third-order valence-corrected chi connectivity index (χ3v) is 12.3. The maximum absolute atomic E-state index is 13.4. The molecule has 7 heteroatoms. The van der Waals surface area contributed by atoms with Crippen molar-refractivity contribution in [3.8, 4) is 11.5 Å². The number of benzene rings is 4. The SMILES string of the molecule is C1CCOC1.C1CCOC1.CC(C)c1cccc(C(C)C)c1[N-]c1cc(C(C)(C)C)cc(C(C)(C)C)c1[O-].CC(C)c1cccc(C(C)C)c1[N-]c1cc(C(C)(C)C)cc(C(C)(C)C)c1[O-].[U+4]. The standard InChI is InChI=1S/2C26H38NO.2C4H8O.U/c2*1-16(2)19-12-11-13-20(17(3)4)23(19)27-22-15-18(25(5,6)7)14-21(24(22)28)26(8,9)10;2*1-2-4-5-3-1;/h2*11-17,28H,1-10H3;2*1-4H2;/q2*-1;;;+4/p-2. The van der Waals surface area contributed by atoms with E-state index < -0.39 is 0 Å². The van der Waals surface area contributed by atoms with Crippen molar-refractivity contribution in [2.24, 2.45) is 0 Å². The third-order valence-electron chi connectivity index (χ3n) is 12.3. The van der Waals surface area contributed by atoms with Crippen LogP contribution in [0.4, 0.5) is 22.7 Å². The molecule has 0 bridgehead atoms. The van der Waals surface area contributed by atoms with Crippen LogP contribution in [0.3, 0.4) is 0 Å². The molecule has 2 aliphatic rings. The second kappa shape index (κ2) is 25.8. The molecule has 0 amide bonds. The van der Waals surface area contributed by atoms with E-state index in [1.54, 1.807) is 0 Å². The predicted octanol–water partition coefficient (Wildman–Crippen LogP) is 17.5. The van der Waals surface area contributed by atoms with Crippen LogP contribution in [0.15, 0.2) is 60.7 Å². The zero-order chi connectivity index (χ0) is 49.9. The van der Waals surface area contributed by atoms with Gasteiger partial charge in [-0.15, -0.1) is 34.2 Å². The number of para-hydroxylation sites is 2. The van der Waals surface area contributed by atoms with Crippen LogP contribution in [0, 0.1) is 31.1 Å². The zero-order valence-corrected chi connectivity index (χ0v) is 49.9. The van der Waals surface area contributed by atoms with Gasteiger partial charge in [-0.3, -0.25) is 0 Å². The Labute approximate surface area is 434 Å². The summed E-state index contributed by atoms with van der Waals surface area (Å²) in [4.78, 5) is 0. The number of ether oxygens (including phenoxy) is 2. The summed E-state index contributed by atoms with van der Waals surface area (Å²) in [5, 5.41) is 36.8. The maximum atomic E-state index is 13.4. The smallest absolute Gasteiger partial charge is 0.873 e. The van der Waals surface area contributed by atoms with Crippen LogP contribution in [0.5, 0.6) is 11.5 Å². The summed E-state index contributed by atoms with van der Waals surface area (Å²) in [5.74, 6) is 1.49. The Morgan fingerprint density at radius 3 is 0.851 bits per heavy atom. The van der Waals surface area contributed by atoms with Gasteiger partial charge in [-0.2, -0.15) is 0 Å². The molecule has 0 unspecified atom stereocenters. The van der Waals surface area contributed by atoms with E-state index in [-0.39, 0.29) is 64.3 Å². The molecular weight excluding hydrogens is 1050 g/mol. The Morgan fingerprint density at radius 2 is 0.672 bits per heavy atom. The first-order valence-corrected chi connectivity index (χ1v) is 25.0. The summed E-state index contributed by atoms with van der Waals surface area (Å²) < 4.78 is 9.89. The van der Waals surface area contributed by atoms with Gasteiger partial charge in [0.15, 0.2) is 0 Å². The van der Waals surface area contributed by atoms with E-state index in [4.69, 9.17) is 20.1 Å². The molecule has 2 aliphatic heterocycles. The average Bonchev–Trinajstić information content (AvgIpc) is 3.99. The fraction of sp³-hybridized carbons (Fsp3) is 0.600. The first-order valence-electron chi connectivity index (χ1n) is 25.0. The van der Waals surface area contributed by atoms with Crippen molar-refractivity contribution in [3.05, 3.63) is 116 Å². The fourth-order valence-corrected chi connectivity index (χ4v) is 7.92. The summed E-state index contributed by atoms with van der Waals surface area (Å²) in [5.41, 5.74) is 11.3. The average molecular weight is 1140 g/mol. The van der Waals surface area contributed by atoms with Crippen LogP contribution in [0.2, 0.25) is 0 Å². The molecule has 6 nitrogen and oxygen atoms in total.